The summed E-state index contributed by atoms with van der Waals surface area (Å²) in [5, 5.41) is 3.11. The number of nitrogens with zero attached hydrogens (tertiary/aromatic N) is 4. The highest BCUT2D eigenvalue weighted by Gasteiger charge is 2.39. The molecule has 0 unspecified atom stereocenters. The number of likely N-dealkylation sites (tertiary alicyclic amines) is 1. The standard InChI is InChI=1S/C23H31N5O/c1-2-11-24-22(29)20-17-27(15-18-8-4-3-5-9-18)16-19(20)21-10-12-25-23(26-21)28-13-6-7-14-28/h3-5,8-10,12,19-20H,2,6-7,11,13-17H2,1H3,(H,24,29)/t19-,20-/m0/s1. The molecule has 2 aliphatic rings. The van der Waals surface area contributed by atoms with E-state index in [9.17, 15) is 4.79 Å². The predicted octanol–water partition coefficient (Wildman–Crippen LogP) is 2.82. The highest BCUT2D eigenvalue weighted by Crippen LogP contribution is 2.33. The molecule has 1 N–H and O–H groups in total. The van der Waals surface area contributed by atoms with Crippen molar-refractivity contribution >= 4 is 11.9 Å². The van der Waals surface area contributed by atoms with E-state index in [4.69, 9.17) is 4.98 Å². The van der Waals surface area contributed by atoms with Gasteiger partial charge in [0.25, 0.3) is 0 Å². The molecule has 0 saturated carbocycles. The molecule has 0 radical (unpaired) electrons. The zero-order valence-electron chi connectivity index (χ0n) is 17.3. The molecule has 2 saturated heterocycles. The maximum Gasteiger partial charge on any atom is 0.225 e. The molecule has 1 aromatic heterocycles. The van der Waals surface area contributed by atoms with Gasteiger partial charge in [0.2, 0.25) is 11.9 Å². The number of carbonyl (C=O) groups excluding carboxylic acids is 1. The Morgan fingerprint density at radius 2 is 1.93 bits per heavy atom. The molecule has 0 spiro atoms. The van der Waals surface area contributed by atoms with Gasteiger partial charge in [-0.1, -0.05) is 37.3 Å². The lowest BCUT2D eigenvalue weighted by Gasteiger charge is -2.20. The molecular weight excluding hydrogens is 362 g/mol. The quantitative estimate of drug-likeness (QED) is 0.784. The van der Waals surface area contributed by atoms with Crippen LogP contribution in [0.4, 0.5) is 5.95 Å². The van der Waals surface area contributed by atoms with E-state index in [-0.39, 0.29) is 17.7 Å². The summed E-state index contributed by atoms with van der Waals surface area (Å²) in [5.41, 5.74) is 2.27. The minimum atomic E-state index is -0.0772. The molecule has 1 amide bonds. The Morgan fingerprint density at radius 1 is 1.14 bits per heavy atom. The Labute approximate surface area is 173 Å². The van der Waals surface area contributed by atoms with E-state index in [0.717, 1.165) is 57.3 Å². The van der Waals surface area contributed by atoms with Crippen molar-refractivity contribution in [2.45, 2.75) is 38.6 Å². The fourth-order valence-corrected chi connectivity index (χ4v) is 4.44. The zero-order chi connectivity index (χ0) is 20.1. The Kier molecular flexibility index (Phi) is 6.39. The van der Waals surface area contributed by atoms with Crippen LogP contribution in [-0.4, -0.2) is 53.5 Å². The van der Waals surface area contributed by atoms with Gasteiger partial charge in [-0.25, -0.2) is 9.97 Å². The number of amides is 1. The maximum atomic E-state index is 12.9. The average Bonchev–Trinajstić information content (AvgIpc) is 3.43. The van der Waals surface area contributed by atoms with Crippen LogP contribution in [0.5, 0.6) is 0 Å². The highest BCUT2D eigenvalue weighted by atomic mass is 16.1. The molecule has 2 atom stereocenters. The number of nitrogens with one attached hydrogen (secondary N) is 1. The van der Waals surface area contributed by atoms with E-state index in [1.54, 1.807) is 0 Å². The van der Waals surface area contributed by atoms with Crippen LogP contribution in [0.2, 0.25) is 0 Å². The van der Waals surface area contributed by atoms with E-state index >= 15 is 0 Å². The summed E-state index contributed by atoms with van der Waals surface area (Å²) in [6.45, 7) is 7.32. The van der Waals surface area contributed by atoms with Crippen LogP contribution in [0, 0.1) is 5.92 Å². The molecule has 29 heavy (non-hydrogen) atoms. The van der Waals surface area contributed by atoms with Gasteiger partial charge in [0.15, 0.2) is 0 Å². The van der Waals surface area contributed by atoms with Crippen molar-refractivity contribution in [3.05, 3.63) is 53.9 Å². The van der Waals surface area contributed by atoms with Crippen molar-refractivity contribution in [3.8, 4) is 0 Å². The molecule has 0 aliphatic carbocycles. The van der Waals surface area contributed by atoms with Crippen molar-refractivity contribution in [2.75, 3.05) is 37.6 Å². The first-order chi connectivity index (χ1) is 14.2. The smallest absolute Gasteiger partial charge is 0.225 e. The molecule has 2 fully saturated rings. The fourth-order valence-electron chi connectivity index (χ4n) is 4.44. The number of rotatable bonds is 7. The molecule has 154 valence electrons. The lowest BCUT2D eigenvalue weighted by molar-refractivity contribution is -0.125. The normalized spacial score (nSPS) is 22.2. The van der Waals surface area contributed by atoms with Gasteiger partial charge in [0, 0.05) is 51.4 Å². The van der Waals surface area contributed by atoms with Crippen LogP contribution in [0.25, 0.3) is 0 Å². The van der Waals surface area contributed by atoms with Crippen molar-refractivity contribution in [3.63, 3.8) is 0 Å². The predicted molar refractivity (Wildman–Crippen MR) is 115 cm³/mol. The molecule has 1 aromatic carbocycles. The number of carbonyl (C=O) groups is 1. The third kappa shape index (κ3) is 4.75. The van der Waals surface area contributed by atoms with Crippen LogP contribution in [0.1, 0.15) is 43.4 Å². The van der Waals surface area contributed by atoms with Gasteiger partial charge in [-0.15, -0.1) is 0 Å². The number of aromatic nitrogens is 2. The van der Waals surface area contributed by atoms with E-state index in [2.05, 4.69) is 51.3 Å². The third-order valence-corrected chi connectivity index (χ3v) is 5.96. The summed E-state index contributed by atoms with van der Waals surface area (Å²) in [6.07, 6.45) is 5.20. The first-order valence-electron chi connectivity index (χ1n) is 10.9. The average molecular weight is 394 g/mol. The topological polar surface area (TPSA) is 61.4 Å². The molecule has 2 aliphatic heterocycles. The van der Waals surface area contributed by atoms with Crippen LogP contribution < -0.4 is 10.2 Å². The molecule has 6 heteroatoms. The lowest BCUT2D eigenvalue weighted by Crippen LogP contribution is -2.35. The Hall–Kier alpha value is -2.47. The van der Waals surface area contributed by atoms with E-state index < -0.39 is 0 Å². The van der Waals surface area contributed by atoms with Crippen molar-refractivity contribution in [1.29, 1.82) is 0 Å². The Bertz CT molecular complexity index is 806. The first kappa shape index (κ1) is 19.8. The molecule has 2 aromatic rings. The number of hydrogen-bond acceptors (Lipinski definition) is 5. The number of hydrogen-bond donors (Lipinski definition) is 1. The van der Waals surface area contributed by atoms with E-state index in [0.29, 0.717) is 0 Å². The van der Waals surface area contributed by atoms with Gasteiger partial charge < -0.3 is 10.2 Å². The molecule has 4 rings (SSSR count). The summed E-state index contributed by atoms with van der Waals surface area (Å²) in [6, 6.07) is 12.5. The number of anilines is 1. The second kappa shape index (κ2) is 9.35. The largest absolute Gasteiger partial charge is 0.356 e. The highest BCUT2D eigenvalue weighted by molar-refractivity contribution is 5.80. The first-order valence-corrected chi connectivity index (χ1v) is 10.9. The summed E-state index contributed by atoms with van der Waals surface area (Å²) in [4.78, 5) is 27.0. The third-order valence-electron chi connectivity index (χ3n) is 5.96. The fraction of sp³-hybridized carbons (Fsp3) is 0.522. The SMILES string of the molecule is CCCNC(=O)[C@H]1CN(Cc2ccccc2)C[C@@H]1c1ccnc(N2CCCC2)n1. The van der Waals surface area contributed by atoms with Crippen LogP contribution in [0.3, 0.4) is 0 Å². The van der Waals surface area contributed by atoms with Crippen LogP contribution >= 0.6 is 0 Å². The Morgan fingerprint density at radius 3 is 2.69 bits per heavy atom. The van der Waals surface area contributed by atoms with Crippen molar-refractivity contribution < 1.29 is 4.79 Å². The Balaban J connectivity index is 1.54. The van der Waals surface area contributed by atoms with Crippen molar-refractivity contribution in [1.82, 2.24) is 20.2 Å². The summed E-state index contributed by atoms with van der Waals surface area (Å²) in [5.74, 6) is 0.981. The summed E-state index contributed by atoms with van der Waals surface area (Å²) < 4.78 is 0. The van der Waals surface area contributed by atoms with E-state index in [1.165, 1.54) is 18.4 Å². The number of benzene rings is 1. The van der Waals surface area contributed by atoms with Gasteiger partial charge in [-0.3, -0.25) is 9.69 Å². The molecular formula is C23H31N5O. The van der Waals surface area contributed by atoms with Gasteiger partial charge in [-0.2, -0.15) is 0 Å². The maximum absolute atomic E-state index is 12.9. The van der Waals surface area contributed by atoms with Gasteiger partial charge in [-0.05, 0) is 30.9 Å². The minimum absolute atomic E-state index is 0.0772. The monoisotopic (exact) mass is 393 g/mol. The second-order valence-electron chi connectivity index (χ2n) is 8.16. The van der Waals surface area contributed by atoms with Crippen LogP contribution in [-0.2, 0) is 11.3 Å². The molecule has 3 heterocycles. The van der Waals surface area contributed by atoms with Gasteiger partial charge in [0.05, 0.1) is 11.6 Å². The van der Waals surface area contributed by atoms with Crippen LogP contribution in [0.15, 0.2) is 42.6 Å². The van der Waals surface area contributed by atoms with E-state index in [1.807, 2.05) is 18.3 Å². The van der Waals surface area contributed by atoms with Gasteiger partial charge >= 0.3 is 0 Å². The zero-order valence-corrected chi connectivity index (χ0v) is 17.3. The minimum Gasteiger partial charge on any atom is -0.356 e. The second-order valence-corrected chi connectivity index (χ2v) is 8.16. The molecule has 0 bridgehead atoms. The van der Waals surface area contributed by atoms with Crippen molar-refractivity contribution in [2.24, 2.45) is 5.92 Å². The van der Waals surface area contributed by atoms with Gasteiger partial charge in [0.1, 0.15) is 0 Å². The lowest BCUT2D eigenvalue weighted by atomic mass is 9.92. The molecule has 6 nitrogen and oxygen atoms in total. The summed E-state index contributed by atoms with van der Waals surface area (Å²) in [7, 11) is 0. The summed E-state index contributed by atoms with van der Waals surface area (Å²) >= 11 is 0.